The maximum atomic E-state index is 11.3. The average Bonchev–Trinajstić information content (AvgIpc) is 2.49. The molecule has 0 fully saturated rings. The molecule has 0 aliphatic heterocycles. The molecule has 0 amide bonds. The lowest BCUT2D eigenvalue weighted by Crippen LogP contribution is -2.06. The van der Waals surface area contributed by atoms with E-state index in [0.717, 1.165) is 6.42 Å². The Morgan fingerprint density at radius 2 is 1.05 bits per heavy atom. The first-order chi connectivity index (χ1) is 10.7. The van der Waals surface area contributed by atoms with Crippen LogP contribution in [-0.4, -0.2) is 5.78 Å². The topological polar surface area (TPSA) is 17.1 Å². The molecule has 0 aromatic rings. The van der Waals surface area contributed by atoms with Crippen molar-refractivity contribution in [1.29, 1.82) is 0 Å². The SMILES string of the molecule is CCCCCCCCCCCCCC(CCCC)CC(C)=O. The largest absolute Gasteiger partial charge is 0.300 e. The molecule has 0 saturated heterocycles. The summed E-state index contributed by atoms with van der Waals surface area (Å²) in [7, 11) is 0. The van der Waals surface area contributed by atoms with Crippen LogP contribution < -0.4 is 0 Å². The third-order valence-electron chi connectivity index (χ3n) is 4.76. The standard InChI is InChI=1S/C21H42O/c1-4-6-8-9-10-11-12-13-14-15-16-18-21(17-7-5-2)19-20(3)22/h21H,4-19H2,1-3H3. The number of hydrogen-bond acceptors (Lipinski definition) is 1. The first-order valence-corrected chi connectivity index (χ1v) is 10.2. The summed E-state index contributed by atoms with van der Waals surface area (Å²) < 4.78 is 0. The highest BCUT2D eigenvalue weighted by Gasteiger charge is 2.10. The Morgan fingerprint density at radius 3 is 1.50 bits per heavy atom. The number of hydrogen-bond donors (Lipinski definition) is 0. The predicted octanol–water partition coefficient (Wildman–Crippen LogP) is 7.47. The van der Waals surface area contributed by atoms with Crippen LogP contribution in [0.25, 0.3) is 0 Å². The van der Waals surface area contributed by atoms with Crippen molar-refractivity contribution in [1.82, 2.24) is 0 Å². The van der Waals surface area contributed by atoms with Gasteiger partial charge in [0.1, 0.15) is 5.78 Å². The Bertz CT molecular complexity index is 234. The minimum Gasteiger partial charge on any atom is -0.300 e. The van der Waals surface area contributed by atoms with Gasteiger partial charge in [-0.1, -0.05) is 110 Å². The molecule has 0 aromatic carbocycles. The van der Waals surface area contributed by atoms with E-state index in [4.69, 9.17) is 0 Å². The summed E-state index contributed by atoms with van der Waals surface area (Å²) >= 11 is 0. The Kier molecular flexibility index (Phi) is 16.8. The molecule has 132 valence electrons. The third kappa shape index (κ3) is 16.0. The molecule has 0 rings (SSSR count). The van der Waals surface area contributed by atoms with Crippen molar-refractivity contribution in [3.63, 3.8) is 0 Å². The molecular formula is C21H42O. The van der Waals surface area contributed by atoms with E-state index in [9.17, 15) is 4.79 Å². The normalized spacial score (nSPS) is 12.5. The molecular weight excluding hydrogens is 268 g/mol. The number of ketones is 1. The quantitative estimate of drug-likeness (QED) is 0.255. The predicted molar refractivity (Wildman–Crippen MR) is 99.4 cm³/mol. The molecule has 0 radical (unpaired) electrons. The molecule has 0 aliphatic carbocycles. The summed E-state index contributed by atoms with van der Waals surface area (Å²) in [5.74, 6) is 1.04. The van der Waals surface area contributed by atoms with E-state index in [2.05, 4.69) is 13.8 Å². The Balaban J connectivity index is 3.39. The lowest BCUT2D eigenvalue weighted by molar-refractivity contribution is -0.118. The van der Waals surface area contributed by atoms with E-state index in [-0.39, 0.29) is 0 Å². The maximum absolute atomic E-state index is 11.3. The van der Waals surface area contributed by atoms with Crippen LogP contribution in [0.3, 0.4) is 0 Å². The van der Waals surface area contributed by atoms with E-state index in [0.29, 0.717) is 11.7 Å². The number of unbranched alkanes of at least 4 members (excludes halogenated alkanes) is 11. The van der Waals surface area contributed by atoms with Gasteiger partial charge in [-0.2, -0.15) is 0 Å². The lowest BCUT2D eigenvalue weighted by Gasteiger charge is -2.14. The molecule has 0 N–H and O–H groups in total. The third-order valence-corrected chi connectivity index (χ3v) is 4.76. The van der Waals surface area contributed by atoms with Crippen molar-refractivity contribution in [2.45, 2.75) is 124 Å². The van der Waals surface area contributed by atoms with Crippen LogP contribution >= 0.6 is 0 Å². The molecule has 1 atom stereocenters. The molecule has 1 heteroatoms. The van der Waals surface area contributed by atoms with Gasteiger partial charge >= 0.3 is 0 Å². The number of carbonyl (C=O) groups is 1. The molecule has 0 heterocycles. The van der Waals surface area contributed by atoms with Gasteiger partial charge in [-0.15, -0.1) is 0 Å². The van der Waals surface area contributed by atoms with Gasteiger partial charge in [-0.25, -0.2) is 0 Å². The van der Waals surface area contributed by atoms with Gasteiger partial charge in [0, 0.05) is 6.42 Å². The summed E-state index contributed by atoms with van der Waals surface area (Å²) in [5, 5.41) is 0. The van der Waals surface area contributed by atoms with Gasteiger partial charge in [0.05, 0.1) is 0 Å². The van der Waals surface area contributed by atoms with E-state index in [1.54, 1.807) is 6.92 Å². The second kappa shape index (κ2) is 17.0. The summed E-state index contributed by atoms with van der Waals surface area (Å²) in [5.41, 5.74) is 0. The summed E-state index contributed by atoms with van der Waals surface area (Å²) in [6, 6.07) is 0. The van der Waals surface area contributed by atoms with Crippen LogP contribution in [0.1, 0.15) is 124 Å². The van der Waals surface area contributed by atoms with E-state index in [1.165, 1.54) is 96.3 Å². The fourth-order valence-corrected chi connectivity index (χ4v) is 3.35. The summed E-state index contributed by atoms with van der Waals surface area (Å²) in [6.07, 6.45) is 21.4. The van der Waals surface area contributed by atoms with Crippen LogP contribution in [-0.2, 0) is 4.79 Å². The zero-order valence-electron chi connectivity index (χ0n) is 15.8. The van der Waals surface area contributed by atoms with Crippen molar-refractivity contribution in [2.24, 2.45) is 5.92 Å². The van der Waals surface area contributed by atoms with Gasteiger partial charge in [-0.3, -0.25) is 0 Å². The van der Waals surface area contributed by atoms with Crippen LogP contribution in [0.15, 0.2) is 0 Å². The molecule has 22 heavy (non-hydrogen) atoms. The van der Waals surface area contributed by atoms with Gasteiger partial charge in [-0.05, 0) is 12.8 Å². The van der Waals surface area contributed by atoms with Crippen LogP contribution in [0.5, 0.6) is 0 Å². The van der Waals surface area contributed by atoms with Gasteiger partial charge in [0.15, 0.2) is 0 Å². The number of Topliss-reactive ketones (excluding diaryl/α,β-unsaturated/α-hetero) is 1. The van der Waals surface area contributed by atoms with Crippen molar-refractivity contribution < 1.29 is 4.79 Å². The molecule has 0 aliphatic rings. The summed E-state index contributed by atoms with van der Waals surface area (Å²) in [4.78, 5) is 11.3. The fraction of sp³-hybridized carbons (Fsp3) is 0.952. The zero-order valence-corrected chi connectivity index (χ0v) is 15.8. The number of carbonyl (C=O) groups excluding carboxylic acids is 1. The van der Waals surface area contributed by atoms with Crippen LogP contribution in [0.4, 0.5) is 0 Å². The van der Waals surface area contributed by atoms with E-state index < -0.39 is 0 Å². The van der Waals surface area contributed by atoms with E-state index in [1.807, 2.05) is 0 Å². The smallest absolute Gasteiger partial charge is 0.130 e. The van der Waals surface area contributed by atoms with Crippen molar-refractivity contribution in [3.05, 3.63) is 0 Å². The molecule has 1 unspecified atom stereocenters. The Hall–Kier alpha value is -0.330. The highest BCUT2D eigenvalue weighted by Crippen LogP contribution is 2.21. The van der Waals surface area contributed by atoms with Gasteiger partial charge < -0.3 is 4.79 Å². The average molecular weight is 311 g/mol. The first-order valence-electron chi connectivity index (χ1n) is 10.2. The van der Waals surface area contributed by atoms with Crippen molar-refractivity contribution in [2.75, 3.05) is 0 Å². The monoisotopic (exact) mass is 310 g/mol. The van der Waals surface area contributed by atoms with Crippen LogP contribution in [0.2, 0.25) is 0 Å². The molecule has 0 bridgehead atoms. The second-order valence-electron chi connectivity index (χ2n) is 7.24. The van der Waals surface area contributed by atoms with Gasteiger partial charge in [0.2, 0.25) is 0 Å². The molecule has 0 spiro atoms. The molecule has 1 nitrogen and oxygen atoms in total. The maximum Gasteiger partial charge on any atom is 0.130 e. The number of rotatable bonds is 17. The highest BCUT2D eigenvalue weighted by molar-refractivity contribution is 5.75. The van der Waals surface area contributed by atoms with E-state index >= 15 is 0 Å². The Morgan fingerprint density at radius 1 is 0.636 bits per heavy atom. The van der Waals surface area contributed by atoms with Crippen LogP contribution in [0, 0.1) is 5.92 Å². The summed E-state index contributed by atoms with van der Waals surface area (Å²) in [6.45, 7) is 6.27. The van der Waals surface area contributed by atoms with Gasteiger partial charge in [0.25, 0.3) is 0 Å². The minimum absolute atomic E-state index is 0.379. The zero-order chi connectivity index (χ0) is 16.5. The Labute approximate surface area is 140 Å². The highest BCUT2D eigenvalue weighted by atomic mass is 16.1. The first kappa shape index (κ1) is 21.7. The fourth-order valence-electron chi connectivity index (χ4n) is 3.35. The van der Waals surface area contributed by atoms with Crippen molar-refractivity contribution >= 4 is 5.78 Å². The molecule has 0 saturated carbocycles. The second-order valence-corrected chi connectivity index (χ2v) is 7.24. The lowest BCUT2D eigenvalue weighted by atomic mass is 9.91. The molecule has 0 aromatic heterocycles. The van der Waals surface area contributed by atoms with Crippen molar-refractivity contribution in [3.8, 4) is 0 Å². The minimum atomic E-state index is 0.379.